The Morgan fingerprint density at radius 2 is 0.897 bits per heavy atom. The largest absolute Gasteiger partial charge is 0.240 e. The molecule has 0 bridgehead atoms. The van der Waals surface area contributed by atoms with Crippen molar-refractivity contribution in [3.05, 3.63) is 128 Å². The van der Waals surface area contributed by atoms with Crippen LogP contribution in [0.25, 0.3) is 72.1 Å². The number of nitrogens with zero attached hydrogens (tertiary/aromatic N) is 5. The lowest BCUT2D eigenvalue weighted by Crippen LogP contribution is -2.00. The molecule has 0 unspecified atom stereocenters. The highest BCUT2D eigenvalue weighted by Gasteiger charge is 2.16. The lowest BCUT2D eigenvalue weighted by molar-refractivity contribution is 0.958. The molecule has 3 aromatic heterocycles. The smallest absolute Gasteiger partial charge is 0.184 e. The minimum Gasteiger partial charge on any atom is -0.240 e. The van der Waals surface area contributed by atoms with Crippen LogP contribution >= 0.6 is 0 Å². The Morgan fingerprint density at radius 1 is 0.410 bits per heavy atom. The van der Waals surface area contributed by atoms with E-state index in [-0.39, 0.29) is 0 Å². The zero-order valence-corrected chi connectivity index (χ0v) is 20.9. The molecule has 8 rings (SSSR count). The van der Waals surface area contributed by atoms with Crippen LogP contribution in [0, 0.1) is 0 Å². The highest BCUT2D eigenvalue weighted by Crippen LogP contribution is 2.29. The van der Waals surface area contributed by atoms with Crippen molar-refractivity contribution in [3.63, 3.8) is 0 Å². The molecule has 0 radical (unpaired) electrons. The van der Waals surface area contributed by atoms with Gasteiger partial charge in [0.1, 0.15) is 5.69 Å². The van der Waals surface area contributed by atoms with Crippen LogP contribution in [-0.4, -0.2) is 24.6 Å². The minimum atomic E-state index is 0.545. The molecule has 39 heavy (non-hydrogen) atoms. The Balaban J connectivity index is 1.34. The van der Waals surface area contributed by atoms with Crippen LogP contribution in [0.1, 0.15) is 0 Å². The number of hydrogen-bond acceptors (Lipinski definition) is 4. The van der Waals surface area contributed by atoms with Gasteiger partial charge in [-0.3, -0.25) is 0 Å². The van der Waals surface area contributed by atoms with Crippen LogP contribution in [-0.2, 0) is 0 Å². The van der Waals surface area contributed by atoms with E-state index >= 15 is 0 Å². The Kier molecular flexibility index (Phi) is 4.76. The van der Waals surface area contributed by atoms with Gasteiger partial charge in [-0.1, -0.05) is 97.1 Å². The fourth-order valence-electron chi connectivity index (χ4n) is 5.19. The van der Waals surface area contributed by atoms with Crippen LogP contribution in [0.3, 0.4) is 0 Å². The van der Waals surface area contributed by atoms with Crippen LogP contribution < -0.4 is 0 Å². The van der Waals surface area contributed by atoms with Gasteiger partial charge in [0, 0.05) is 22.7 Å². The van der Waals surface area contributed by atoms with Gasteiger partial charge in [-0.2, -0.15) is 5.10 Å². The lowest BCUT2D eigenvalue weighted by Gasteiger charge is -2.08. The molecule has 0 atom stereocenters. The zero-order chi connectivity index (χ0) is 25.8. The van der Waals surface area contributed by atoms with Crippen molar-refractivity contribution in [1.29, 1.82) is 0 Å². The SMILES string of the molecule is c1ccc2cc(-c3nc(-c4ccc5ccccc5c4)nc(-c4cc5cc6ccccc6cn5n4)n3)ccc2c1. The van der Waals surface area contributed by atoms with Gasteiger partial charge >= 0.3 is 0 Å². The average Bonchev–Trinajstić information content (AvgIpc) is 3.42. The monoisotopic (exact) mass is 499 g/mol. The standard InChI is InChI=1S/C34H21N5/c1-3-9-24-17-27(15-13-22(24)7-1)32-35-33(28-16-14-23-8-2-4-10-25(23)18-28)37-34(36-32)31-20-30-19-26-11-5-6-12-29(26)21-39(30)38-31/h1-21H. The maximum absolute atomic E-state index is 4.95. The summed E-state index contributed by atoms with van der Waals surface area (Å²) in [6.07, 6.45) is 2.05. The number of aromatic nitrogens is 5. The van der Waals surface area contributed by atoms with Crippen molar-refractivity contribution < 1.29 is 0 Å². The molecular weight excluding hydrogens is 478 g/mol. The summed E-state index contributed by atoms with van der Waals surface area (Å²) in [6, 6.07) is 41.7. The van der Waals surface area contributed by atoms with Gasteiger partial charge in [-0.15, -0.1) is 0 Å². The molecule has 3 heterocycles. The first-order chi connectivity index (χ1) is 19.3. The van der Waals surface area contributed by atoms with Crippen LogP contribution in [0.5, 0.6) is 0 Å². The summed E-state index contributed by atoms with van der Waals surface area (Å²) in [5.74, 6) is 1.79. The van der Waals surface area contributed by atoms with E-state index in [2.05, 4.69) is 78.9 Å². The van der Waals surface area contributed by atoms with Gasteiger partial charge in [0.2, 0.25) is 0 Å². The van der Waals surface area contributed by atoms with Gasteiger partial charge < -0.3 is 0 Å². The van der Waals surface area contributed by atoms with E-state index in [1.807, 2.05) is 53.2 Å². The second kappa shape index (κ2) is 8.57. The number of rotatable bonds is 3. The lowest BCUT2D eigenvalue weighted by atomic mass is 10.1. The summed E-state index contributed by atoms with van der Waals surface area (Å²) in [6.45, 7) is 0. The third-order valence-electron chi connectivity index (χ3n) is 7.21. The molecule has 0 aliphatic carbocycles. The van der Waals surface area contributed by atoms with E-state index in [9.17, 15) is 0 Å². The maximum atomic E-state index is 4.95. The highest BCUT2D eigenvalue weighted by atomic mass is 15.2. The van der Waals surface area contributed by atoms with Gasteiger partial charge in [-0.05, 0) is 51.2 Å². The molecule has 5 heteroatoms. The zero-order valence-electron chi connectivity index (χ0n) is 20.9. The predicted molar refractivity (Wildman–Crippen MR) is 157 cm³/mol. The first-order valence-corrected chi connectivity index (χ1v) is 12.9. The number of benzene rings is 5. The number of hydrogen-bond donors (Lipinski definition) is 0. The number of pyridine rings is 1. The average molecular weight is 500 g/mol. The second-order valence-corrected chi connectivity index (χ2v) is 9.73. The van der Waals surface area contributed by atoms with Crippen LogP contribution in [0.15, 0.2) is 128 Å². The first-order valence-electron chi connectivity index (χ1n) is 12.9. The van der Waals surface area contributed by atoms with Gasteiger partial charge in [0.05, 0.1) is 5.52 Å². The molecular formula is C34H21N5. The molecule has 0 spiro atoms. The molecule has 0 N–H and O–H groups in total. The van der Waals surface area contributed by atoms with Gasteiger partial charge in [0.15, 0.2) is 17.5 Å². The van der Waals surface area contributed by atoms with E-state index in [0.29, 0.717) is 23.2 Å². The Hall–Kier alpha value is -5.42. The summed E-state index contributed by atoms with van der Waals surface area (Å²) in [7, 11) is 0. The van der Waals surface area contributed by atoms with E-state index in [1.54, 1.807) is 0 Å². The van der Waals surface area contributed by atoms with Crippen LogP contribution in [0.4, 0.5) is 0 Å². The van der Waals surface area contributed by atoms with E-state index in [0.717, 1.165) is 32.8 Å². The summed E-state index contributed by atoms with van der Waals surface area (Å²) >= 11 is 0. The third-order valence-corrected chi connectivity index (χ3v) is 7.21. The van der Waals surface area contributed by atoms with Gasteiger partial charge in [0.25, 0.3) is 0 Å². The number of fused-ring (bicyclic) bond motifs is 4. The minimum absolute atomic E-state index is 0.545. The van der Waals surface area contributed by atoms with Gasteiger partial charge in [-0.25, -0.2) is 19.5 Å². The van der Waals surface area contributed by atoms with Crippen molar-refractivity contribution in [2.24, 2.45) is 0 Å². The molecule has 8 aromatic rings. The fourth-order valence-corrected chi connectivity index (χ4v) is 5.19. The normalized spacial score (nSPS) is 11.6. The topological polar surface area (TPSA) is 56.0 Å². The predicted octanol–water partition coefficient (Wildman–Crippen LogP) is 7.98. The van der Waals surface area contributed by atoms with Crippen LogP contribution in [0.2, 0.25) is 0 Å². The highest BCUT2D eigenvalue weighted by molar-refractivity contribution is 5.89. The summed E-state index contributed by atoms with van der Waals surface area (Å²) in [5.41, 5.74) is 3.57. The third kappa shape index (κ3) is 3.80. The molecule has 0 saturated carbocycles. The Morgan fingerprint density at radius 3 is 1.49 bits per heavy atom. The molecule has 0 amide bonds. The quantitative estimate of drug-likeness (QED) is 0.247. The Labute approximate surface area is 224 Å². The summed E-state index contributed by atoms with van der Waals surface area (Å²) < 4.78 is 1.90. The summed E-state index contributed by atoms with van der Waals surface area (Å²) in [5, 5.41) is 11.8. The van der Waals surface area contributed by atoms with E-state index in [1.165, 1.54) is 16.2 Å². The second-order valence-electron chi connectivity index (χ2n) is 9.73. The van der Waals surface area contributed by atoms with E-state index in [4.69, 9.17) is 20.1 Å². The van der Waals surface area contributed by atoms with Crippen molar-refractivity contribution in [1.82, 2.24) is 24.6 Å². The molecule has 5 nitrogen and oxygen atoms in total. The van der Waals surface area contributed by atoms with Crippen molar-refractivity contribution in [3.8, 4) is 34.3 Å². The van der Waals surface area contributed by atoms with Crippen molar-refractivity contribution in [2.45, 2.75) is 0 Å². The van der Waals surface area contributed by atoms with Crippen molar-refractivity contribution in [2.75, 3.05) is 0 Å². The van der Waals surface area contributed by atoms with E-state index < -0.39 is 0 Å². The molecule has 0 aliphatic heterocycles. The molecule has 0 aliphatic rings. The molecule has 0 saturated heterocycles. The van der Waals surface area contributed by atoms with Crippen molar-refractivity contribution >= 4 is 37.8 Å². The maximum Gasteiger partial charge on any atom is 0.184 e. The Bertz CT molecular complexity index is 2040. The first kappa shape index (κ1) is 21.6. The molecule has 182 valence electrons. The summed E-state index contributed by atoms with van der Waals surface area (Å²) in [4.78, 5) is 14.8. The molecule has 0 fully saturated rings. The molecule has 5 aromatic carbocycles. The fraction of sp³-hybridized carbons (Fsp3) is 0.